The molecule has 41 heavy (non-hydrogen) atoms. The Balaban J connectivity index is 1.76. The summed E-state index contributed by atoms with van der Waals surface area (Å²) in [5.41, 5.74) is 0.696. The van der Waals surface area contributed by atoms with Crippen LogP contribution in [0.3, 0.4) is 0 Å². The van der Waals surface area contributed by atoms with E-state index in [2.05, 4.69) is 16.0 Å². The molecule has 2 atom stereocenters. The number of benzene rings is 1. The Morgan fingerprint density at radius 3 is 2.02 bits per heavy atom. The lowest BCUT2D eigenvalue weighted by Gasteiger charge is -2.24. The summed E-state index contributed by atoms with van der Waals surface area (Å²) < 4.78 is 5.29. The van der Waals surface area contributed by atoms with Crippen LogP contribution in [0.15, 0.2) is 36.4 Å². The highest BCUT2D eigenvalue weighted by molar-refractivity contribution is 6.12. The van der Waals surface area contributed by atoms with E-state index < -0.39 is 29.3 Å². The highest BCUT2D eigenvalue weighted by atomic mass is 16.5. The topological polar surface area (TPSA) is 151 Å². The number of esters is 1. The Morgan fingerprint density at radius 1 is 0.854 bits per heavy atom. The van der Waals surface area contributed by atoms with Crippen molar-refractivity contribution in [2.75, 3.05) is 11.9 Å². The number of imide groups is 1. The van der Waals surface area contributed by atoms with Crippen molar-refractivity contribution >= 4 is 41.2 Å². The summed E-state index contributed by atoms with van der Waals surface area (Å²) in [6, 6.07) is 5.16. The van der Waals surface area contributed by atoms with E-state index in [0.717, 1.165) is 5.56 Å². The molecule has 2 rings (SSSR count). The van der Waals surface area contributed by atoms with Gasteiger partial charge in [0.2, 0.25) is 17.7 Å². The second-order valence-corrected chi connectivity index (χ2v) is 11.5. The number of carbonyl (C=O) groups is 6. The molecule has 1 unspecified atom stereocenters. The van der Waals surface area contributed by atoms with E-state index >= 15 is 0 Å². The third-order valence-corrected chi connectivity index (χ3v) is 6.41. The van der Waals surface area contributed by atoms with Crippen molar-refractivity contribution in [1.29, 1.82) is 0 Å². The maximum Gasteiger partial charge on any atom is 0.311 e. The smallest absolute Gasteiger partial charge is 0.311 e. The Kier molecular flexibility index (Phi) is 12.2. The number of rotatable bonds is 14. The first-order chi connectivity index (χ1) is 19.2. The minimum absolute atomic E-state index is 0.122. The Morgan fingerprint density at radius 2 is 1.46 bits per heavy atom. The summed E-state index contributed by atoms with van der Waals surface area (Å²) in [5.74, 6) is -2.35. The van der Waals surface area contributed by atoms with Crippen LogP contribution in [0.1, 0.15) is 72.8 Å². The molecule has 0 fully saturated rings. The average Bonchev–Trinajstić information content (AvgIpc) is 3.22. The number of carbonyl (C=O) groups excluding carboxylic acids is 6. The molecule has 0 aliphatic carbocycles. The molecule has 0 saturated heterocycles. The lowest BCUT2D eigenvalue weighted by molar-refractivity contribution is -0.154. The summed E-state index contributed by atoms with van der Waals surface area (Å²) in [5, 5.41) is 8.15. The normalized spacial score (nSPS) is 14.6. The highest BCUT2D eigenvalue weighted by Gasteiger charge is 2.27. The zero-order valence-electron chi connectivity index (χ0n) is 24.7. The fourth-order valence-corrected chi connectivity index (χ4v) is 3.83. The fraction of sp³-hybridized carbons (Fsp3) is 0.533. The van der Waals surface area contributed by atoms with Crippen LogP contribution in [0.4, 0.5) is 5.69 Å². The van der Waals surface area contributed by atoms with Gasteiger partial charge in [-0.3, -0.25) is 33.7 Å². The van der Waals surface area contributed by atoms with E-state index in [4.69, 9.17) is 4.74 Å². The Hall–Kier alpha value is -4.02. The molecule has 1 aliphatic rings. The Bertz CT molecular complexity index is 1130. The van der Waals surface area contributed by atoms with Crippen LogP contribution in [-0.2, 0) is 40.1 Å². The molecule has 5 amide bonds. The second-order valence-electron chi connectivity index (χ2n) is 11.5. The van der Waals surface area contributed by atoms with Gasteiger partial charge in [0.25, 0.3) is 11.8 Å². The minimum atomic E-state index is -0.862. The van der Waals surface area contributed by atoms with Crippen LogP contribution < -0.4 is 16.0 Å². The quantitative estimate of drug-likeness (QED) is 0.177. The SMILES string of the molecule is CC(C)C(NC(=O)CCCCCN1C(=O)C=CC1=O)C(=O)N[C@H](C)C(=O)Nc1ccc(COC(=O)C(C)(C)C)cc1. The van der Waals surface area contributed by atoms with Crippen molar-refractivity contribution in [3.63, 3.8) is 0 Å². The van der Waals surface area contributed by atoms with Gasteiger partial charge in [-0.2, -0.15) is 0 Å². The number of amides is 5. The monoisotopic (exact) mass is 570 g/mol. The number of unbranched alkanes of at least 4 members (excludes halogenated alkanes) is 2. The van der Waals surface area contributed by atoms with Gasteiger partial charge in [-0.05, 0) is 64.2 Å². The maximum atomic E-state index is 12.9. The Labute approximate surface area is 241 Å². The molecule has 0 spiro atoms. The molecule has 1 aliphatic heterocycles. The average molecular weight is 571 g/mol. The van der Waals surface area contributed by atoms with Gasteiger partial charge < -0.3 is 20.7 Å². The van der Waals surface area contributed by atoms with E-state index in [1.165, 1.54) is 17.1 Å². The number of hydrogen-bond donors (Lipinski definition) is 3. The van der Waals surface area contributed by atoms with Gasteiger partial charge in [-0.1, -0.05) is 32.4 Å². The minimum Gasteiger partial charge on any atom is -0.460 e. The van der Waals surface area contributed by atoms with Crippen LogP contribution in [0.25, 0.3) is 0 Å². The zero-order valence-corrected chi connectivity index (χ0v) is 24.7. The van der Waals surface area contributed by atoms with E-state index in [0.29, 0.717) is 31.5 Å². The van der Waals surface area contributed by atoms with Gasteiger partial charge >= 0.3 is 5.97 Å². The summed E-state index contributed by atoms with van der Waals surface area (Å²) in [4.78, 5) is 74.3. The van der Waals surface area contributed by atoms with Crippen molar-refractivity contribution in [3.8, 4) is 0 Å². The molecule has 0 radical (unpaired) electrons. The summed E-state index contributed by atoms with van der Waals surface area (Å²) in [7, 11) is 0. The predicted octanol–water partition coefficient (Wildman–Crippen LogP) is 2.85. The second kappa shape index (κ2) is 15.1. The summed E-state index contributed by atoms with van der Waals surface area (Å²) in [6.07, 6.45) is 4.44. The molecule has 11 nitrogen and oxygen atoms in total. The van der Waals surface area contributed by atoms with Gasteiger partial charge in [-0.25, -0.2) is 0 Å². The predicted molar refractivity (Wildman–Crippen MR) is 153 cm³/mol. The number of hydrogen-bond acceptors (Lipinski definition) is 7. The number of nitrogens with zero attached hydrogens (tertiary/aromatic N) is 1. The molecule has 0 aromatic heterocycles. The third kappa shape index (κ3) is 10.8. The summed E-state index contributed by atoms with van der Waals surface area (Å²) >= 11 is 0. The molecular weight excluding hydrogens is 528 g/mol. The van der Waals surface area contributed by atoms with Crippen molar-refractivity contribution in [1.82, 2.24) is 15.5 Å². The van der Waals surface area contributed by atoms with Crippen LogP contribution >= 0.6 is 0 Å². The van der Waals surface area contributed by atoms with Gasteiger partial charge in [0.1, 0.15) is 18.7 Å². The van der Waals surface area contributed by atoms with Crippen molar-refractivity contribution in [2.45, 2.75) is 85.9 Å². The van der Waals surface area contributed by atoms with Crippen molar-refractivity contribution in [3.05, 3.63) is 42.0 Å². The van der Waals surface area contributed by atoms with Crippen molar-refractivity contribution in [2.24, 2.45) is 11.3 Å². The number of anilines is 1. The van der Waals surface area contributed by atoms with Crippen LogP contribution in [0.5, 0.6) is 0 Å². The van der Waals surface area contributed by atoms with E-state index in [1.807, 2.05) is 0 Å². The lowest BCUT2D eigenvalue weighted by atomic mass is 9.97. The molecule has 0 saturated carbocycles. The standard InChI is InChI=1S/C30H42N4O7/c1-19(2)26(33-23(35)10-8-7-9-17-34-24(36)15-16-25(34)37)28(39)31-20(3)27(38)32-22-13-11-21(12-14-22)18-41-29(40)30(4,5)6/h11-16,19-20,26H,7-10,17-18H2,1-6H3,(H,31,39)(H,32,38)(H,33,35)/t20-,26?/m1/s1. The third-order valence-electron chi connectivity index (χ3n) is 6.41. The van der Waals surface area contributed by atoms with Crippen LogP contribution in [-0.4, -0.2) is 59.0 Å². The lowest BCUT2D eigenvalue weighted by Crippen LogP contribution is -2.53. The summed E-state index contributed by atoms with van der Waals surface area (Å²) in [6.45, 7) is 10.9. The first-order valence-corrected chi connectivity index (χ1v) is 13.9. The highest BCUT2D eigenvalue weighted by Crippen LogP contribution is 2.17. The number of ether oxygens (including phenoxy) is 1. The largest absolute Gasteiger partial charge is 0.460 e. The molecule has 11 heteroatoms. The van der Waals surface area contributed by atoms with Crippen molar-refractivity contribution < 1.29 is 33.5 Å². The molecule has 1 aromatic carbocycles. The number of nitrogens with one attached hydrogen (secondary N) is 3. The molecule has 3 N–H and O–H groups in total. The molecule has 224 valence electrons. The molecular formula is C30H42N4O7. The van der Waals surface area contributed by atoms with Gasteiger partial charge in [0.05, 0.1) is 5.41 Å². The van der Waals surface area contributed by atoms with E-state index in [-0.39, 0.29) is 42.6 Å². The maximum absolute atomic E-state index is 12.9. The van der Waals surface area contributed by atoms with Gasteiger partial charge in [0.15, 0.2) is 0 Å². The molecule has 0 bridgehead atoms. The fourth-order valence-electron chi connectivity index (χ4n) is 3.83. The first kappa shape index (κ1) is 33.2. The van der Waals surface area contributed by atoms with Gasteiger partial charge in [0, 0.05) is 30.8 Å². The van der Waals surface area contributed by atoms with E-state index in [1.54, 1.807) is 65.8 Å². The molecule has 1 aromatic rings. The van der Waals surface area contributed by atoms with Crippen LogP contribution in [0, 0.1) is 11.3 Å². The zero-order chi connectivity index (χ0) is 30.7. The molecule has 1 heterocycles. The van der Waals surface area contributed by atoms with Crippen LogP contribution in [0.2, 0.25) is 0 Å². The van der Waals surface area contributed by atoms with E-state index in [9.17, 15) is 28.8 Å². The first-order valence-electron chi connectivity index (χ1n) is 13.9. The van der Waals surface area contributed by atoms with Gasteiger partial charge in [-0.15, -0.1) is 0 Å².